The summed E-state index contributed by atoms with van der Waals surface area (Å²) in [6.07, 6.45) is 1.06. The van der Waals surface area contributed by atoms with Crippen LogP contribution >= 0.6 is 36.2 Å². The Labute approximate surface area is 115 Å². The predicted octanol–water partition coefficient (Wildman–Crippen LogP) is 3.32. The van der Waals surface area contributed by atoms with Crippen LogP contribution in [0.4, 0.5) is 0 Å². The van der Waals surface area contributed by atoms with E-state index < -0.39 is 0 Å². The van der Waals surface area contributed by atoms with Crippen LogP contribution in [0.3, 0.4) is 0 Å². The van der Waals surface area contributed by atoms with Crippen molar-refractivity contribution in [2.75, 3.05) is 19.6 Å². The first-order chi connectivity index (χ1) is 6.77. The van der Waals surface area contributed by atoms with Gasteiger partial charge in [-0.15, -0.1) is 36.2 Å². The van der Waals surface area contributed by atoms with Crippen LogP contribution in [0.1, 0.15) is 31.2 Å². The van der Waals surface area contributed by atoms with Gasteiger partial charge in [0.15, 0.2) is 0 Å². The zero-order valence-electron chi connectivity index (χ0n) is 9.89. The third-order valence-electron chi connectivity index (χ3n) is 2.56. The Morgan fingerprint density at radius 2 is 1.94 bits per heavy atom. The van der Waals surface area contributed by atoms with E-state index in [0.29, 0.717) is 0 Å². The molecule has 0 bridgehead atoms. The third kappa shape index (κ3) is 6.06. The maximum absolute atomic E-state index is 6.08. The van der Waals surface area contributed by atoms with Gasteiger partial charge in [0.2, 0.25) is 0 Å². The fourth-order valence-corrected chi connectivity index (χ4v) is 2.27. The lowest BCUT2D eigenvalue weighted by molar-refractivity contribution is 0.291. The van der Waals surface area contributed by atoms with E-state index >= 15 is 0 Å². The number of thiophene rings is 1. The van der Waals surface area contributed by atoms with Crippen molar-refractivity contribution in [1.29, 1.82) is 0 Å². The molecule has 0 aliphatic heterocycles. The highest BCUT2D eigenvalue weighted by atomic mass is 35.5. The first kappa shape index (κ1) is 18.6. The SMILES string of the molecule is CCN(CC)CCC(N)c1cccs1.Cl.Cl. The Morgan fingerprint density at radius 3 is 2.38 bits per heavy atom. The monoisotopic (exact) mass is 284 g/mol. The summed E-state index contributed by atoms with van der Waals surface area (Å²) >= 11 is 1.75. The molecule has 1 atom stereocenters. The largest absolute Gasteiger partial charge is 0.323 e. The normalized spacial score (nSPS) is 11.8. The molecule has 0 aromatic carbocycles. The van der Waals surface area contributed by atoms with Crippen molar-refractivity contribution >= 4 is 36.2 Å². The van der Waals surface area contributed by atoms with Crippen LogP contribution < -0.4 is 5.73 Å². The van der Waals surface area contributed by atoms with Crippen LogP contribution in [0.2, 0.25) is 0 Å². The van der Waals surface area contributed by atoms with Gasteiger partial charge in [0, 0.05) is 10.9 Å². The molecular weight excluding hydrogens is 263 g/mol. The number of hydrogen-bond acceptors (Lipinski definition) is 3. The molecule has 1 unspecified atom stereocenters. The molecule has 1 aromatic heterocycles. The van der Waals surface area contributed by atoms with Crippen molar-refractivity contribution in [3.63, 3.8) is 0 Å². The minimum atomic E-state index is 0. The van der Waals surface area contributed by atoms with E-state index in [1.165, 1.54) is 4.88 Å². The van der Waals surface area contributed by atoms with E-state index in [-0.39, 0.29) is 30.9 Å². The Hall–Kier alpha value is 0.200. The van der Waals surface area contributed by atoms with Crippen LogP contribution in [0.25, 0.3) is 0 Å². The molecule has 5 heteroatoms. The maximum Gasteiger partial charge on any atom is 0.0401 e. The van der Waals surface area contributed by atoms with Crippen molar-refractivity contribution in [1.82, 2.24) is 4.90 Å². The van der Waals surface area contributed by atoms with Gasteiger partial charge < -0.3 is 10.6 Å². The van der Waals surface area contributed by atoms with Gasteiger partial charge in [-0.05, 0) is 37.5 Å². The summed E-state index contributed by atoms with van der Waals surface area (Å²) in [5.41, 5.74) is 6.08. The summed E-state index contributed by atoms with van der Waals surface area (Å²) in [5, 5.41) is 2.09. The lowest BCUT2D eigenvalue weighted by Crippen LogP contribution is -2.26. The van der Waals surface area contributed by atoms with E-state index in [4.69, 9.17) is 5.73 Å². The summed E-state index contributed by atoms with van der Waals surface area (Å²) < 4.78 is 0. The molecule has 1 rings (SSSR count). The van der Waals surface area contributed by atoms with Crippen LogP contribution in [-0.2, 0) is 0 Å². The van der Waals surface area contributed by atoms with Crippen LogP contribution in [0, 0.1) is 0 Å². The quantitative estimate of drug-likeness (QED) is 0.868. The van der Waals surface area contributed by atoms with Gasteiger partial charge >= 0.3 is 0 Å². The lowest BCUT2D eigenvalue weighted by Gasteiger charge is -2.19. The predicted molar refractivity (Wildman–Crippen MR) is 78.1 cm³/mol. The van der Waals surface area contributed by atoms with Gasteiger partial charge in [-0.1, -0.05) is 19.9 Å². The summed E-state index contributed by atoms with van der Waals surface area (Å²) in [6.45, 7) is 7.73. The van der Waals surface area contributed by atoms with E-state index in [0.717, 1.165) is 26.1 Å². The minimum absolute atomic E-state index is 0. The van der Waals surface area contributed by atoms with Crippen molar-refractivity contribution in [2.24, 2.45) is 5.73 Å². The topological polar surface area (TPSA) is 29.3 Å². The smallest absolute Gasteiger partial charge is 0.0401 e. The van der Waals surface area contributed by atoms with Crippen molar-refractivity contribution in [2.45, 2.75) is 26.3 Å². The Morgan fingerprint density at radius 1 is 1.31 bits per heavy atom. The highest BCUT2D eigenvalue weighted by Gasteiger charge is 2.08. The summed E-state index contributed by atoms with van der Waals surface area (Å²) in [7, 11) is 0. The maximum atomic E-state index is 6.08. The van der Waals surface area contributed by atoms with Gasteiger partial charge in [0.05, 0.1) is 0 Å². The molecule has 96 valence electrons. The number of nitrogens with two attached hydrogens (primary N) is 1. The highest BCUT2D eigenvalue weighted by Crippen LogP contribution is 2.19. The Bertz CT molecular complexity index is 238. The first-order valence-electron chi connectivity index (χ1n) is 5.29. The van der Waals surface area contributed by atoms with Crippen molar-refractivity contribution < 1.29 is 0 Å². The summed E-state index contributed by atoms with van der Waals surface area (Å²) in [6, 6.07) is 4.41. The minimum Gasteiger partial charge on any atom is -0.323 e. The zero-order valence-corrected chi connectivity index (χ0v) is 12.3. The molecule has 0 aliphatic rings. The Kier molecular flexibility index (Phi) is 12.0. The van der Waals surface area contributed by atoms with E-state index in [1.807, 2.05) is 0 Å². The number of nitrogens with zero attached hydrogens (tertiary/aromatic N) is 1. The van der Waals surface area contributed by atoms with Gasteiger partial charge in [0.1, 0.15) is 0 Å². The fraction of sp³-hybridized carbons (Fsp3) is 0.636. The molecular formula is C11H22Cl2N2S. The molecule has 0 saturated heterocycles. The van der Waals surface area contributed by atoms with Gasteiger partial charge in [-0.2, -0.15) is 0 Å². The molecule has 1 aromatic rings. The molecule has 0 aliphatic carbocycles. The molecule has 0 fully saturated rings. The molecule has 0 radical (unpaired) electrons. The van der Waals surface area contributed by atoms with E-state index in [9.17, 15) is 0 Å². The number of hydrogen-bond donors (Lipinski definition) is 1. The lowest BCUT2D eigenvalue weighted by atomic mass is 10.2. The second-order valence-electron chi connectivity index (χ2n) is 3.44. The van der Waals surface area contributed by atoms with E-state index in [2.05, 4.69) is 36.3 Å². The summed E-state index contributed by atoms with van der Waals surface area (Å²) in [5.74, 6) is 0. The van der Waals surface area contributed by atoms with Crippen LogP contribution in [0.5, 0.6) is 0 Å². The number of rotatable bonds is 6. The Balaban J connectivity index is 0. The second-order valence-corrected chi connectivity index (χ2v) is 4.42. The van der Waals surface area contributed by atoms with Crippen LogP contribution in [-0.4, -0.2) is 24.5 Å². The van der Waals surface area contributed by atoms with Gasteiger partial charge in [0.25, 0.3) is 0 Å². The molecule has 0 amide bonds. The molecule has 16 heavy (non-hydrogen) atoms. The zero-order chi connectivity index (χ0) is 10.4. The molecule has 0 saturated carbocycles. The first-order valence-corrected chi connectivity index (χ1v) is 6.17. The highest BCUT2D eigenvalue weighted by molar-refractivity contribution is 7.10. The molecule has 2 nitrogen and oxygen atoms in total. The fourth-order valence-electron chi connectivity index (χ4n) is 1.51. The standard InChI is InChI=1S/C11H20N2S.2ClH/c1-3-13(4-2)8-7-10(12)11-6-5-9-14-11;;/h5-6,9-10H,3-4,7-8,12H2,1-2H3;2*1H. The van der Waals surface area contributed by atoms with Crippen molar-refractivity contribution in [3.05, 3.63) is 22.4 Å². The average Bonchev–Trinajstić information content (AvgIpc) is 2.72. The average molecular weight is 285 g/mol. The second kappa shape index (κ2) is 10.4. The molecule has 2 N–H and O–H groups in total. The molecule has 0 spiro atoms. The molecule has 1 heterocycles. The van der Waals surface area contributed by atoms with E-state index in [1.54, 1.807) is 11.3 Å². The van der Waals surface area contributed by atoms with Crippen LogP contribution in [0.15, 0.2) is 17.5 Å². The van der Waals surface area contributed by atoms with Gasteiger partial charge in [-0.25, -0.2) is 0 Å². The number of halogens is 2. The third-order valence-corrected chi connectivity index (χ3v) is 3.56. The van der Waals surface area contributed by atoms with Crippen molar-refractivity contribution in [3.8, 4) is 0 Å². The van der Waals surface area contributed by atoms with Gasteiger partial charge in [-0.3, -0.25) is 0 Å². The summed E-state index contributed by atoms with van der Waals surface area (Å²) in [4.78, 5) is 3.71.